The van der Waals surface area contributed by atoms with Gasteiger partial charge in [-0.05, 0) is 24.3 Å². The number of carbonyl (C=O) groups is 1. The summed E-state index contributed by atoms with van der Waals surface area (Å²) >= 11 is 5.98. The lowest BCUT2D eigenvalue weighted by molar-refractivity contribution is 0.0600. The van der Waals surface area contributed by atoms with Crippen LogP contribution in [-0.4, -0.2) is 18.1 Å². The Balaban J connectivity index is 2.26. The molecule has 1 aromatic heterocycles. The van der Waals surface area contributed by atoms with Crippen LogP contribution in [0.15, 0.2) is 36.5 Å². The predicted octanol–water partition coefficient (Wildman–Crippen LogP) is 2.90. The van der Waals surface area contributed by atoms with E-state index in [1.165, 1.54) is 25.4 Å². The molecule has 1 heterocycles. The quantitative estimate of drug-likeness (QED) is 0.690. The van der Waals surface area contributed by atoms with E-state index in [1.807, 2.05) is 0 Å². The zero-order chi connectivity index (χ0) is 13.8. The smallest absolute Gasteiger partial charge is 0.338 e. The summed E-state index contributed by atoms with van der Waals surface area (Å²) in [7, 11) is 1.31. The molecule has 0 bridgehead atoms. The number of esters is 1. The summed E-state index contributed by atoms with van der Waals surface area (Å²) in [5.74, 6) is 0.190. The number of pyridine rings is 1. The van der Waals surface area contributed by atoms with Gasteiger partial charge < -0.3 is 15.2 Å². The standard InChI is InChI=1S/C13H11ClN2O3/c1-18-13(17)8-4-5-16-12(6-8)19-11-3-2-9(15)7-10(11)14/h2-7H,15H2,1H3. The molecule has 0 unspecified atom stereocenters. The molecule has 19 heavy (non-hydrogen) atoms. The Bertz CT molecular complexity index is 617. The average molecular weight is 279 g/mol. The van der Waals surface area contributed by atoms with E-state index < -0.39 is 5.97 Å². The number of ether oxygens (including phenoxy) is 2. The number of benzene rings is 1. The molecular formula is C13H11ClN2O3. The topological polar surface area (TPSA) is 74.4 Å². The Morgan fingerprint density at radius 3 is 2.79 bits per heavy atom. The van der Waals surface area contributed by atoms with Gasteiger partial charge in [-0.2, -0.15) is 0 Å². The number of hydrogen-bond acceptors (Lipinski definition) is 5. The van der Waals surface area contributed by atoms with Gasteiger partial charge in [-0.15, -0.1) is 0 Å². The lowest BCUT2D eigenvalue weighted by Gasteiger charge is -2.08. The van der Waals surface area contributed by atoms with Crippen LogP contribution in [0.3, 0.4) is 0 Å². The number of hydrogen-bond donors (Lipinski definition) is 1. The van der Waals surface area contributed by atoms with Gasteiger partial charge in [-0.3, -0.25) is 0 Å². The molecule has 0 fully saturated rings. The largest absolute Gasteiger partial charge is 0.465 e. The first-order valence-electron chi connectivity index (χ1n) is 5.37. The maximum absolute atomic E-state index is 11.4. The first kappa shape index (κ1) is 13.2. The van der Waals surface area contributed by atoms with Gasteiger partial charge in [-0.25, -0.2) is 9.78 Å². The van der Waals surface area contributed by atoms with Gasteiger partial charge >= 0.3 is 5.97 Å². The highest BCUT2D eigenvalue weighted by molar-refractivity contribution is 6.32. The Morgan fingerprint density at radius 1 is 1.32 bits per heavy atom. The maximum atomic E-state index is 11.4. The fraction of sp³-hybridized carbons (Fsp3) is 0.0769. The summed E-state index contributed by atoms with van der Waals surface area (Å²) in [4.78, 5) is 15.4. The number of aromatic nitrogens is 1. The third-order valence-corrected chi connectivity index (χ3v) is 2.62. The van der Waals surface area contributed by atoms with Crippen LogP contribution in [0.4, 0.5) is 5.69 Å². The fourth-order valence-corrected chi connectivity index (χ4v) is 1.65. The summed E-state index contributed by atoms with van der Waals surface area (Å²) < 4.78 is 10.1. The van der Waals surface area contributed by atoms with Crippen molar-refractivity contribution in [1.82, 2.24) is 4.98 Å². The normalized spacial score (nSPS) is 10.0. The molecule has 0 aliphatic heterocycles. The zero-order valence-electron chi connectivity index (χ0n) is 10.1. The maximum Gasteiger partial charge on any atom is 0.338 e. The number of nitrogens with two attached hydrogens (primary N) is 1. The van der Waals surface area contributed by atoms with Crippen molar-refractivity contribution in [3.63, 3.8) is 0 Å². The van der Waals surface area contributed by atoms with Crippen molar-refractivity contribution >= 4 is 23.3 Å². The van der Waals surface area contributed by atoms with Crippen molar-refractivity contribution in [2.45, 2.75) is 0 Å². The number of methoxy groups -OCH3 is 1. The van der Waals surface area contributed by atoms with E-state index in [0.717, 1.165) is 0 Å². The van der Waals surface area contributed by atoms with Crippen LogP contribution in [-0.2, 0) is 4.74 Å². The van der Waals surface area contributed by atoms with E-state index in [-0.39, 0.29) is 5.88 Å². The molecule has 98 valence electrons. The van der Waals surface area contributed by atoms with E-state index in [4.69, 9.17) is 22.1 Å². The van der Waals surface area contributed by atoms with Crippen LogP contribution in [0.2, 0.25) is 5.02 Å². The fourth-order valence-electron chi connectivity index (χ4n) is 1.42. The number of halogens is 1. The van der Waals surface area contributed by atoms with Gasteiger partial charge in [0.05, 0.1) is 17.7 Å². The first-order chi connectivity index (χ1) is 9.10. The number of nitrogens with zero attached hydrogens (tertiary/aromatic N) is 1. The minimum Gasteiger partial charge on any atom is -0.465 e. The minimum absolute atomic E-state index is 0.245. The monoisotopic (exact) mass is 278 g/mol. The van der Waals surface area contributed by atoms with E-state index in [1.54, 1.807) is 18.2 Å². The van der Waals surface area contributed by atoms with Crippen LogP contribution < -0.4 is 10.5 Å². The minimum atomic E-state index is -0.462. The Morgan fingerprint density at radius 2 is 2.11 bits per heavy atom. The molecule has 0 saturated heterocycles. The van der Waals surface area contributed by atoms with Gasteiger partial charge in [0.25, 0.3) is 0 Å². The predicted molar refractivity (Wildman–Crippen MR) is 71.5 cm³/mol. The summed E-state index contributed by atoms with van der Waals surface area (Å²) in [6, 6.07) is 7.86. The average Bonchev–Trinajstić information content (AvgIpc) is 2.41. The van der Waals surface area contributed by atoms with E-state index >= 15 is 0 Å². The molecule has 0 atom stereocenters. The van der Waals surface area contributed by atoms with Crippen molar-refractivity contribution in [2.75, 3.05) is 12.8 Å². The number of carbonyl (C=O) groups excluding carboxylic acids is 1. The summed E-state index contributed by atoms with van der Waals surface area (Å²) in [6.45, 7) is 0. The SMILES string of the molecule is COC(=O)c1ccnc(Oc2ccc(N)cc2Cl)c1. The van der Waals surface area contributed by atoms with Crippen molar-refractivity contribution in [1.29, 1.82) is 0 Å². The highest BCUT2D eigenvalue weighted by atomic mass is 35.5. The van der Waals surface area contributed by atoms with Crippen LogP contribution in [0.5, 0.6) is 11.6 Å². The molecule has 0 amide bonds. The van der Waals surface area contributed by atoms with Gasteiger partial charge in [0.2, 0.25) is 5.88 Å². The van der Waals surface area contributed by atoms with Crippen LogP contribution >= 0.6 is 11.6 Å². The van der Waals surface area contributed by atoms with Gasteiger partial charge in [-0.1, -0.05) is 11.6 Å². The lowest BCUT2D eigenvalue weighted by Crippen LogP contribution is -2.01. The highest BCUT2D eigenvalue weighted by Crippen LogP contribution is 2.30. The van der Waals surface area contributed by atoms with Crippen molar-refractivity contribution in [2.24, 2.45) is 0 Å². The third-order valence-electron chi connectivity index (χ3n) is 2.33. The Hall–Kier alpha value is -2.27. The Labute approximate surface area is 114 Å². The van der Waals surface area contributed by atoms with Gasteiger partial charge in [0.1, 0.15) is 5.75 Å². The lowest BCUT2D eigenvalue weighted by atomic mass is 10.2. The van der Waals surface area contributed by atoms with Gasteiger partial charge in [0, 0.05) is 18.0 Å². The summed E-state index contributed by atoms with van der Waals surface area (Å²) in [6.07, 6.45) is 1.45. The second kappa shape index (κ2) is 5.58. The molecule has 0 spiro atoms. The first-order valence-corrected chi connectivity index (χ1v) is 5.75. The number of rotatable bonds is 3. The Kier molecular flexibility index (Phi) is 3.87. The highest BCUT2D eigenvalue weighted by Gasteiger charge is 2.09. The molecule has 2 aromatic rings. The molecule has 6 heteroatoms. The van der Waals surface area contributed by atoms with E-state index in [9.17, 15) is 4.79 Å². The van der Waals surface area contributed by atoms with Crippen molar-refractivity contribution in [3.05, 3.63) is 47.1 Å². The van der Waals surface area contributed by atoms with Crippen LogP contribution in [0, 0.1) is 0 Å². The second-order valence-electron chi connectivity index (χ2n) is 3.67. The molecule has 0 aliphatic rings. The zero-order valence-corrected chi connectivity index (χ0v) is 10.8. The second-order valence-corrected chi connectivity index (χ2v) is 4.07. The van der Waals surface area contributed by atoms with E-state index in [0.29, 0.717) is 22.0 Å². The molecule has 0 aliphatic carbocycles. The molecule has 1 aromatic carbocycles. The molecular weight excluding hydrogens is 268 g/mol. The van der Waals surface area contributed by atoms with Gasteiger partial charge in [0.15, 0.2) is 0 Å². The molecule has 2 rings (SSSR count). The summed E-state index contributed by atoms with van der Waals surface area (Å²) in [5.41, 5.74) is 6.47. The molecule has 2 N–H and O–H groups in total. The van der Waals surface area contributed by atoms with Crippen molar-refractivity contribution in [3.8, 4) is 11.6 Å². The number of anilines is 1. The number of nitrogen functional groups attached to an aromatic ring is 1. The summed E-state index contributed by atoms with van der Waals surface area (Å²) in [5, 5.41) is 0.366. The molecule has 0 saturated carbocycles. The van der Waals surface area contributed by atoms with E-state index in [2.05, 4.69) is 9.72 Å². The van der Waals surface area contributed by atoms with Crippen LogP contribution in [0.1, 0.15) is 10.4 Å². The van der Waals surface area contributed by atoms with Crippen molar-refractivity contribution < 1.29 is 14.3 Å². The molecule has 0 radical (unpaired) electrons. The third kappa shape index (κ3) is 3.14. The molecule has 5 nitrogen and oxygen atoms in total. The van der Waals surface area contributed by atoms with Crippen LogP contribution in [0.25, 0.3) is 0 Å².